The summed E-state index contributed by atoms with van der Waals surface area (Å²) in [6.07, 6.45) is 1.68. The van der Waals surface area contributed by atoms with E-state index in [0.29, 0.717) is 37.6 Å². The van der Waals surface area contributed by atoms with Gasteiger partial charge in [0.2, 0.25) is 11.7 Å². The van der Waals surface area contributed by atoms with Crippen molar-refractivity contribution in [2.45, 2.75) is 39.2 Å². The molecule has 1 atom stereocenters. The van der Waals surface area contributed by atoms with Gasteiger partial charge in [0, 0.05) is 38.5 Å². The number of amides is 2. The molecule has 0 bridgehead atoms. The van der Waals surface area contributed by atoms with E-state index in [1.54, 1.807) is 0 Å². The molecule has 0 spiro atoms. The number of Topliss-reactive ketones (excluding diaryl/α,β-unsaturated/α-hetero) is 1. The third-order valence-corrected chi connectivity index (χ3v) is 5.44. The molecule has 0 aromatic carbocycles. The van der Waals surface area contributed by atoms with Gasteiger partial charge in [0.25, 0.3) is 0 Å². The second-order valence-electron chi connectivity index (χ2n) is 7.05. The number of thioether (sulfide) groups is 1. The summed E-state index contributed by atoms with van der Waals surface area (Å²) >= 11 is 1.52. The summed E-state index contributed by atoms with van der Waals surface area (Å²) in [7, 11) is 1.88. The van der Waals surface area contributed by atoms with E-state index in [4.69, 9.17) is 4.74 Å². The molecule has 8 nitrogen and oxygen atoms in total. The summed E-state index contributed by atoms with van der Waals surface area (Å²) in [5, 5.41) is 7.46. The summed E-state index contributed by atoms with van der Waals surface area (Å²) in [5.41, 5.74) is 2.33. The Hall–Kier alpha value is -1.61. The summed E-state index contributed by atoms with van der Waals surface area (Å²) in [5.74, 6) is -0.744. The van der Waals surface area contributed by atoms with Crippen molar-refractivity contribution in [1.29, 1.82) is 0 Å². The highest BCUT2D eigenvalue weighted by Crippen LogP contribution is 2.17. The molecule has 2 aliphatic rings. The first-order chi connectivity index (χ1) is 12.4. The molecule has 2 saturated heterocycles. The maximum absolute atomic E-state index is 12.5. The first-order valence-corrected chi connectivity index (χ1v) is 10.0. The van der Waals surface area contributed by atoms with Gasteiger partial charge in [-0.2, -0.15) is 0 Å². The number of rotatable bonds is 7. The molecule has 2 amide bonds. The number of nitrogens with one attached hydrogen (secondary N) is 2. The molecule has 0 aliphatic carbocycles. The zero-order valence-electron chi connectivity index (χ0n) is 15.6. The number of nitrogens with zero attached hydrogens (tertiary/aromatic N) is 2. The van der Waals surface area contributed by atoms with Crippen LogP contribution in [0.3, 0.4) is 0 Å². The van der Waals surface area contributed by atoms with Gasteiger partial charge in [0.15, 0.2) is 5.17 Å². The van der Waals surface area contributed by atoms with Crippen LogP contribution in [-0.2, 0) is 19.1 Å². The van der Waals surface area contributed by atoms with Crippen molar-refractivity contribution in [3.05, 3.63) is 0 Å². The van der Waals surface area contributed by atoms with Crippen LogP contribution >= 0.6 is 11.8 Å². The zero-order chi connectivity index (χ0) is 19.1. The Morgan fingerprint density at radius 1 is 1.31 bits per heavy atom. The van der Waals surface area contributed by atoms with Crippen LogP contribution in [-0.4, -0.2) is 66.3 Å². The fourth-order valence-electron chi connectivity index (χ4n) is 2.86. The van der Waals surface area contributed by atoms with Crippen LogP contribution in [0, 0.1) is 11.8 Å². The van der Waals surface area contributed by atoms with Crippen molar-refractivity contribution in [3.8, 4) is 0 Å². The first kappa shape index (κ1) is 20.7. The third-order valence-electron chi connectivity index (χ3n) is 4.39. The maximum Gasteiger partial charge on any atom is 0.309 e. The van der Waals surface area contributed by atoms with E-state index < -0.39 is 17.7 Å². The smallest absolute Gasteiger partial charge is 0.309 e. The molecule has 0 radical (unpaired) electrons. The molecule has 0 saturated carbocycles. The molecule has 0 unspecified atom stereocenters. The quantitative estimate of drug-likeness (QED) is 0.492. The van der Waals surface area contributed by atoms with Gasteiger partial charge in [-0.3, -0.25) is 14.4 Å². The standard InChI is InChI=1S/C17H28N4O4S/c1-11(2)10-13(18-15(23)12-4-7-25-8-5-12)14(22)16(24)19-20-17-21(3)6-9-26-17/h11-13H,4-10H2,1-3H3,(H,18,23)(H,19,24)/b20-17-/t13-/m0/s1. The van der Waals surface area contributed by atoms with Crippen LogP contribution < -0.4 is 10.7 Å². The Kier molecular flexibility index (Phi) is 7.89. The minimum Gasteiger partial charge on any atom is -0.381 e. The second-order valence-corrected chi connectivity index (χ2v) is 8.11. The van der Waals surface area contributed by atoms with Crippen LogP contribution in [0.1, 0.15) is 33.1 Å². The van der Waals surface area contributed by atoms with Gasteiger partial charge in [-0.05, 0) is 25.2 Å². The van der Waals surface area contributed by atoms with Gasteiger partial charge >= 0.3 is 5.91 Å². The molecule has 0 aromatic heterocycles. The Bertz CT molecular complexity index is 561. The van der Waals surface area contributed by atoms with Gasteiger partial charge < -0.3 is 15.0 Å². The highest BCUT2D eigenvalue weighted by molar-refractivity contribution is 8.14. The lowest BCUT2D eigenvalue weighted by Gasteiger charge is -2.25. The molecule has 146 valence electrons. The topological polar surface area (TPSA) is 100 Å². The lowest BCUT2D eigenvalue weighted by molar-refractivity contribution is -0.141. The van der Waals surface area contributed by atoms with Crippen LogP contribution in [0.25, 0.3) is 0 Å². The Morgan fingerprint density at radius 3 is 2.58 bits per heavy atom. The Labute approximate surface area is 158 Å². The minimum absolute atomic E-state index is 0.162. The van der Waals surface area contributed by atoms with E-state index in [2.05, 4.69) is 15.8 Å². The highest BCUT2D eigenvalue weighted by atomic mass is 32.2. The molecular formula is C17H28N4O4S. The molecule has 0 aromatic rings. The normalized spacial score (nSPS) is 21.1. The molecule has 2 rings (SSSR count). The average Bonchev–Trinajstić information content (AvgIpc) is 3.03. The minimum atomic E-state index is -0.834. The van der Waals surface area contributed by atoms with Gasteiger partial charge in [-0.15, -0.1) is 5.10 Å². The van der Waals surface area contributed by atoms with Crippen molar-refractivity contribution in [3.63, 3.8) is 0 Å². The number of carbonyl (C=O) groups is 3. The predicted octanol–water partition coefficient (Wildman–Crippen LogP) is 0.579. The van der Waals surface area contributed by atoms with Crippen molar-refractivity contribution < 1.29 is 19.1 Å². The highest BCUT2D eigenvalue weighted by Gasteiger charge is 2.31. The van der Waals surface area contributed by atoms with E-state index in [-0.39, 0.29) is 17.7 Å². The maximum atomic E-state index is 12.5. The molecule has 9 heteroatoms. The molecular weight excluding hydrogens is 356 g/mol. The molecule has 2 N–H and O–H groups in total. The summed E-state index contributed by atoms with van der Waals surface area (Å²) in [6.45, 7) is 5.84. The Balaban J connectivity index is 1.96. The van der Waals surface area contributed by atoms with E-state index in [1.165, 1.54) is 11.8 Å². The molecule has 26 heavy (non-hydrogen) atoms. The largest absolute Gasteiger partial charge is 0.381 e. The fraction of sp³-hybridized carbons (Fsp3) is 0.765. The summed E-state index contributed by atoms with van der Waals surface area (Å²) in [6, 6.07) is -0.834. The van der Waals surface area contributed by atoms with Gasteiger partial charge in [0.1, 0.15) is 0 Å². The van der Waals surface area contributed by atoms with Crippen LogP contribution in [0.5, 0.6) is 0 Å². The van der Waals surface area contributed by atoms with E-state index in [1.807, 2.05) is 25.8 Å². The lowest BCUT2D eigenvalue weighted by Crippen LogP contribution is -2.49. The van der Waals surface area contributed by atoms with Crippen LogP contribution in [0.4, 0.5) is 0 Å². The number of hydrogen-bond donors (Lipinski definition) is 2. The summed E-state index contributed by atoms with van der Waals surface area (Å²) < 4.78 is 5.26. The molecule has 2 heterocycles. The molecule has 2 fully saturated rings. The average molecular weight is 385 g/mol. The number of carbonyl (C=O) groups excluding carboxylic acids is 3. The van der Waals surface area contributed by atoms with Crippen molar-refractivity contribution in [2.24, 2.45) is 16.9 Å². The monoisotopic (exact) mass is 384 g/mol. The van der Waals surface area contributed by atoms with Crippen molar-refractivity contribution in [2.75, 3.05) is 32.6 Å². The fourth-order valence-corrected chi connectivity index (χ4v) is 3.83. The number of ether oxygens (including phenoxy) is 1. The predicted molar refractivity (Wildman–Crippen MR) is 101 cm³/mol. The van der Waals surface area contributed by atoms with Crippen molar-refractivity contribution >= 4 is 34.5 Å². The van der Waals surface area contributed by atoms with Crippen LogP contribution in [0.15, 0.2) is 5.10 Å². The number of ketones is 1. The number of amidine groups is 1. The van der Waals surface area contributed by atoms with E-state index >= 15 is 0 Å². The van der Waals surface area contributed by atoms with Crippen LogP contribution in [0.2, 0.25) is 0 Å². The van der Waals surface area contributed by atoms with Gasteiger partial charge in [-0.25, -0.2) is 5.43 Å². The lowest BCUT2D eigenvalue weighted by atomic mass is 9.96. The first-order valence-electron chi connectivity index (χ1n) is 9.02. The number of hydrazone groups is 1. The third kappa shape index (κ3) is 5.98. The van der Waals surface area contributed by atoms with Gasteiger partial charge in [-0.1, -0.05) is 25.6 Å². The molecule has 2 aliphatic heterocycles. The zero-order valence-corrected chi connectivity index (χ0v) is 16.4. The van der Waals surface area contributed by atoms with E-state index in [0.717, 1.165) is 12.3 Å². The van der Waals surface area contributed by atoms with Gasteiger partial charge in [0.05, 0.1) is 6.04 Å². The number of hydrogen-bond acceptors (Lipinski definition) is 6. The summed E-state index contributed by atoms with van der Waals surface area (Å²) in [4.78, 5) is 39.1. The second kappa shape index (κ2) is 9.91. The van der Waals surface area contributed by atoms with E-state index in [9.17, 15) is 14.4 Å². The van der Waals surface area contributed by atoms with Crippen molar-refractivity contribution in [1.82, 2.24) is 15.6 Å². The Morgan fingerprint density at radius 2 is 2.00 bits per heavy atom. The SMILES string of the molecule is CC(C)C[C@H](NC(=O)C1CCOCC1)C(=O)C(=O)N/N=C1\SCCN1C.